The molecule has 2 aromatic carbocycles. The predicted octanol–water partition coefficient (Wildman–Crippen LogP) is 2.77. The Balaban J connectivity index is 1.78. The van der Waals surface area contributed by atoms with E-state index in [0.717, 1.165) is 0 Å². The van der Waals surface area contributed by atoms with Crippen molar-refractivity contribution in [2.45, 2.75) is 0 Å². The Morgan fingerprint density at radius 2 is 1.08 bits per heavy atom. The largest absolute Gasteiger partial charge is 0.576 e. The van der Waals surface area contributed by atoms with E-state index in [4.69, 9.17) is 9.31 Å². The fourth-order valence-electron chi connectivity index (χ4n) is 1.77. The lowest BCUT2D eigenvalue weighted by atomic mass is 10.2. The highest BCUT2D eigenvalue weighted by Crippen LogP contribution is 2.18. The summed E-state index contributed by atoms with van der Waals surface area (Å²) in [6, 6.07) is 13.5. The topological polar surface area (TPSA) is 95.1 Å². The Hall–Kier alpha value is -3.36. The molecule has 0 unspecified atom stereocenters. The summed E-state index contributed by atoms with van der Waals surface area (Å²) in [7, 11) is 2.60. The molecule has 8 nitrogen and oxygen atoms in total. The van der Waals surface area contributed by atoms with Crippen LogP contribution >= 0.6 is 0 Å². The normalized spacial score (nSPS) is 9.52. The Labute approximate surface area is 145 Å². The van der Waals surface area contributed by atoms with Gasteiger partial charge in [0.15, 0.2) is 0 Å². The number of nitrogens with one attached hydrogen (secondary N) is 2. The molecule has 2 rings (SSSR count). The maximum Gasteiger partial charge on any atom is 0.576 e. The first kappa shape index (κ1) is 18.0. The second-order valence-corrected chi connectivity index (χ2v) is 4.69. The van der Waals surface area contributed by atoms with Gasteiger partial charge in [0.25, 0.3) is 0 Å². The van der Waals surface area contributed by atoms with E-state index >= 15 is 0 Å². The predicted molar refractivity (Wildman–Crippen MR) is 93.3 cm³/mol. The molecule has 0 aliphatic rings. The first-order valence-corrected chi connectivity index (χ1v) is 7.26. The molecule has 0 aliphatic carbocycles. The molecule has 0 spiro atoms. The van der Waals surface area contributed by atoms with Crippen LogP contribution in [0, 0.1) is 0 Å². The van der Waals surface area contributed by atoms with Gasteiger partial charge in [-0.3, -0.25) is 10.6 Å². The van der Waals surface area contributed by atoms with Gasteiger partial charge in [-0.05, 0) is 48.5 Å². The number of hydrogen-bond acceptors (Lipinski definition) is 6. The van der Waals surface area contributed by atoms with Crippen molar-refractivity contribution in [2.75, 3.05) is 24.9 Å². The molecule has 0 saturated heterocycles. The highest BCUT2D eigenvalue weighted by Gasteiger charge is 2.04. The van der Waals surface area contributed by atoms with E-state index in [1.807, 2.05) is 0 Å². The van der Waals surface area contributed by atoms with Gasteiger partial charge < -0.3 is 18.8 Å². The van der Waals surface area contributed by atoms with Gasteiger partial charge in [0.05, 0.1) is 14.2 Å². The summed E-state index contributed by atoms with van der Waals surface area (Å²) in [6.45, 7) is 0. The lowest BCUT2D eigenvalue weighted by Gasteiger charge is -2.09. The standard InChI is InChI=1S/C16H17BN2O6/c1-22-15(20)18-11-3-7-13(8-4-11)24-17-25-14-9-5-12(6-10-14)19-16(21)23-2/h3-10,17H,1-2H3,(H,18,20)(H,19,21). The fourth-order valence-corrected chi connectivity index (χ4v) is 1.77. The third-order valence-electron chi connectivity index (χ3n) is 3.02. The van der Waals surface area contributed by atoms with E-state index < -0.39 is 12.2 Å². The number of carbonyl (C=O) groups excluding carboxylic acids is 2. The summed E-state index contributed by atoms with van der Waals surface area (Å²) in [4.78, 5) is 22.2. The molecule has 9 heteroatoms. The van der Waals surface area contributed by atoms with Crippen molar-refractivity contribution in [1.29, 1.82) is 0 Å². The van der Waals surface area contributed by atoms with Crippen LogP contribution in [0.1, 0.15) is 0 Å². The van der Waals surface area contributed by atoms with Crippen molar-refractivity contribution in [2.24, 2.45) is 0 Å². The molecule has 130 valence electrons. The van der Waals surface area contributed by atoms with Gasteiger partial charge in [0, 0.05) is 11.4 Å². The molecule has 0 bridgehead atoms. The molecular formula is C16H17BN2O6. The summed E-state index contributed by atoms with van der Waals surface area (Å²) < 4.78 is 19.9. The van der Waals surface area contributed by atoms with E-state index in [0.29, 0.717) is 22.9 Å². The van der Waals surface area contributed by atoms with Crippen molar-refractivity contribution in [3.63, 3.8) is 0 Å². The lowest BCUT2D eigenvalue weighted by molar-refractivity contribution is 0.186. The van der Waals surface area contributed by atoms with Gasteiger partial charge >= 0.3 is 19.9 Å². The second kappa shape index (κ2) is 9.07. The number of rotatable bonds is 6. The zero-order valence-corrected chi connectivity index (χ0v) is 13.8. The molecule has 0 saturated carbocycles. The van der Waals surface area contributed by atoms with Gasteiger partial charge in [-0.25, -0.2) is 9.59 Å². The number of amides is 2. The summed E-state index contributed by atoms with van der Waals surface area (Å²) in [5.74, 6) is 1.17. The fraction of sp³-hybridized carbons (Fsp3) is 0.125. The zero-order valence-electron chi connectivity index (χ0n) is 13.8. The summed E-state index contributed by atoms with van der Waals surface area (Å²) >= 11 is 0. The lowest BCUT2D eigenvalue weighted by Crippen LogP contribution is -2.12. The highest BCUT2D eigenvalue weighted by atomic mass is 16.6. The highest BCUT2D eigenvalue weighted by molar-refractivity contribution is 6.20. The number of methoxy groups -OCH3 is 2. The molecular weight excluding hydrogens is 327 g/mol. The van der Waals surface area contributed by atoms with Crippen LogP contribution in [0.2, 0.25) is 0 Å². The molecule has 0 aliphatic heterocycles. The summed E-state index contributed by atoms with van der Waals surface area (Å²) in [5, 5.41) is 5.07. The molecule has 0 fully saturated rings. The molecule has 0 atom stereocenters. The number of hydrogen-bond donors (Lipinski definition) is 2. The van der Waals surface area contributed by atoms with Crippen molar-refractivity contribution in [3.05, 3.63) is 48.5 Å². The number of anilines is 2. The minimum atomic E-state index is -0.540. The van der Waals surface area contributed by atoms with Gasteiger partial charge in [-0.15, -0.1) is 0 Å². The molecule has 0 aromatic heterocycles. The van der Waals surface area contributed by atoms with Crippen molar-refractivity contribution in [3.8, 4) is 11.5 Å². The van der Waals surface area contributed by atoms with Crippen molar-refractivity contribution < 1.29 is 28.4 Å². The third-order valence-corrected chi connectivity index (χ3v) is 3.02. The van der Waals surface area contributed by atoms with E-state index in [9.17, 15) is 9.59 Å². The van der Waals surface area contributed by atoms with Crippen LogP contribution in [0.5, 0.6) is 11.5 Å². The number of carbonyl (C=O) groups is 2. The van der Waals surface area contributed by atoms with Crippen LogP contribution in [0.3, 0.4) is 0 Å². The van der Waals surface area contributed by atoms with E-state index in [1.165, 1.54) is 14.2 Å². The Bertz CT molecular complexity index is 644. The number of benzene rings is 2. The van der Waals surface area contributed by atoms with Gasteiger partial charge in [-0.2, -0.15) is 0 Å². The van der Waals surface area contributed by atoms with Crippen LogP contribution < -0.4 is 19.9 Å². The first-order valence-electron chi connectivity index (χ1n) is 7.26. The molecule has 0 radical (unpaired) electrons. The summed E-state index contributed by atoms with van der Waals surface area (Å²) in [5.41, 5.74) is 1.18. The minimum absolute atomic E-state index is 0.00749. The van der Waals surface area contributed by atoms with Crippen LogP contribution in [-0.2, 0) is 9.47 Å². The maximum absolute atomic E-state index is 11.1. The molecule has 2 amide bonds. The zero-order chi connectivity index (χ0) is 18.1. The van der Waals surface area contributed by atoms with Crippen molar-refractivity contribution >= 4 is 31.2 Å². The third kappa shape index (κ3) is 5.98. The molecule has 2 aromatic rings. The average Bonchev–Trinajstić information content (AvgIpc) is 2.64. The molecule has 0 heterocycles. The minimum Gasteiger partial charge on any atom is -0.529 e. The second-order valence-electron chi connectivity index (χ2n) is 4.69. The molecule has 25 heavy (non-hydrogen) atoms. The van der Waals surface area contributed by atoms with Gasteiger partial charge in [0.2, 0.25) is 0 Å². The quantitative estimate of drug-likeness (QED) is 0.783. The SMILES string of the molecule is COC(=O)Nc1ccc(OBOc2ccc(NC(=O)OC)cc2)cc1. The first-order chi connectivity index (χ1) is 12.1. The average molecular weight is 344 g/mol. The van der Waals surface area contributed by atoms with Crippen molar-refractivity contribution in [1.82, 2.24) is 0 Å². The van der Waals surface area contributed by atoms with E-state index in [-0.39, 0.29) is 7.69 Å². The Kier molecular flexibility index (Phi) is 6.52. The van der Waals surface area contributed by atoms with Crippen LogP contribution in [0.15, 0.2) is 48.5 Å². The smallest absolute Gasteiger partial charge is 0.529 e. The summed E-state index contributed by atoms with van der Waals surface area (Å²) in [6.07, 6.45) is -1.08. The van der Waals surface area contributed by atoms with Gasteiger partial charge in [-0.1, -0.05) is 0 Å². The molecule has 2 N–H and O–H groups in total. The Morgan fingerprint density at radius 3 is 1.40 bits per heavy atom. The Morgan fingerprint density at radius 1 is 0.720 bits per heavy atom. The van der Waals surface area contributed by atoms with Crippen LogP contribution in [0.25, 0.3) is 0 Å². The van der Waals surface area contributed by atoms with Crippen LogP contribution in [-0.4, -0.2) is 34.1 Å². The van der Waals surface area contributed by atoms with E-state index in [1.54, 1.807) is 48.5 Å². The van der Waals surface area contributed by atoms with Crippen LogP contribution in [0.4, 0.5) is 21.0 Å². The monoisotopic (exact) mass is 344 g/mol. The number of ether oxygens (including phenoxy) is 2. The maximum atomic E-state index is 11.1. The van der Waals surface area contributed by atoms with Gasteiger partial charge in [0.1, 0.15) is 11.5 Å². The van der Waals surface area contributed by atoms with E-state index in [2.05, 4.69) is 20.1 Å².